The van der Waals surface area contributed by atoms with Crippen molar-refractivity contribution in [3.63, 3.8) is 0 Å². The molecular weight excluding hydrogens is 374 g/mol. The van der Waals surface area contributed by atoms with Gasteiger partial charge in [0.2, 0.25) is 0 Å². The molecule has 1 N–H and O–H groups in total. The molecule has 3 rings (SSSR count). The summed E-state index contributed by atoms with van der Waals surface area (Å²) in [5.41, 5.74) is 1.70. The number of nitrogens with one attached hydrogen (secondary N) is 1. The van der Waals surface area contributed by atoms with E-state index < -0.39 is 0 Å². The summed E-state index contributed by atoms with van der Waals surface area (Å²) >= 11 is 8.95. The van der Waals surface area contributed by atoms with Gasteiger partial charge in [-0.2, -0.15) is 0 Å². The number of thiophene rings is 1. The summed E-state index contributed by atoms with van der Waals surface area (Å²) in [6.45, 7) is 2.14. The summed E-state index contributed by atoms with van der Waals surface area (Å²) in [4.78, 5) is 1.45. The summed E-state index contributed by atoms with van der Waals surface area (Å²) in [6.07, 6.45) is 1.12. The largest absolute Gasteiger partial charge is 0.315 e. The van der Waals surface area contributed by atoms with Crippen LogP contribution in [0.3, 0.4) is 0 Å². The van der Waals surface area contributed by atoms with Crippen molar-refractivity contribution < 1.29 is 0 Å². The van der Waals surface area contributed by atoms with Gasteiger partial charge >= 0.3 is 0 Å². The fraction of sp³-hybridized carbons (Fsp3) is 0.286. The van der Waals surface area contributed by atoms with Gasteiger partial charge in [0, 0.05) is 37.7 Å². The van der Waals surface area contributed by atoms with Gasteiger partial charge in [0.25, 0.3) is 0 Å². The van der Waals surface area contributed by atoms with Crippen molar-refractivity contribution >= 4 is 43.2 Å². The maximum Gasteiger partial charge on any atom is 0.0285 e. The van der Waals surface area contributed by atoms with E-state index >= 15 is 0 Å². The standard InChI is InChI=1S/C14H13Br2NS/c15-11-3-1-2-10(4-11)14(8-17-9-14)6-13-5-12(16)7-18-13/h1-5,7,17H,6,8-9H2. The number of hydrogen-bond acceptors (Lipinski definition) is 2. The van der Waals surface area contributed by atoms with Gasteiger partial charge in [-0.15, -0.1) is 11.3 Å². The van der Waals surface area contributed by atoms with E-state index in [0.717, 1.165) is 19.5 Å². The van der Waals surface area contributed by atoms with Crippen LogP contribution in [0.4, 0.5) is 0 Å². The minimum atomic E-state index is 0.272. The zero-order chi connectivity index (χ0) is 12.6. The van der Waals surface area contributed by atoms with Crippen molar-refractivity contribution in [3.8, 4) is 0 Å². The highest BCUT2D eigenvalue weighted by Gasteiger charge is 2.39. The molecule has 1 aliphatic heterocycles. The second kappa shape index (κ2) is 5.08. The van der Waals surface area contributed by atoms with Crippen LogP contribution >= 0.6 is 43.2 Å². The summed E-state index contributed by atoms with van der Waals surface area (Å²) < 4.78 is 2.36. The van der Waals surface area contributed by atoms with Crippen molar-refractivity contribution in [2.45, 2.75) is 11.8 Å². The van der Waals surface area contributed by atoms with E-state index in [4.69, 9.17) is 0 Å². The lowest BCUT2D eigenvalue weighted by molar-refractivity contribution is 0.276. The van der Waals surface area contributed by atoms with Crippen LogP contribution in [0.5, 0.6) is 0 Å². The minimum Gasteiger partial charge on any atom is -0.315 e. The van der Waals surface area contributed by atoms with Gasteiger partial charge in [-0.05, 0) is 46.1 Å². The van der Waals surface area contributed by atoms with Gasteiger partial charge in [0.15, 0.2) is 0 Å². The highest BCUT2D eigenvalue weighted by molar-refractivity contribution is 9.10. The predicted molar refractivity (Wildman–Crippen MR) is 84.4 cm³/mol. The van der Waals surface area contributed by atoms with E-state index in [9.17, 15) is 0 Å². The molecule has 1 aromatic heterocycles. The molecule has 2 heterocycles. The number of benzene rings is 1. The molecular formula is C14H13Br2NS. The van der Waals surface area contributed by atoms with Crippen LogP contribution in [0, 0.1) is 0 Å². The topological polar surface area (TPSA) is 12.0 Å². The van der Waals surface area contributed by atoms with Gasteiger partial charge in [0.05, 0.1) is 0 Å². The quantitative estimate of drug-likeness (QED) is 0.826. The number of halogens is 2. The number of hydrogen-bond donors (Lipinski definition) is 1. The van der Waals surface area contributed by atoms with Gasteiger partial charge < -0.3 is 5.32 Å². The van der Waals surface area contributed by atoms with Gasteiger partial charge in [-0.25, -0.2) is 0 Å². The minimum absolute atomic E-state index is 0.272. The van der Waals surface area contributed by atoms with E-state index in [1.54, 1.807) is 0 Å². The van der Waals surface area contributed by atoms with E-state index in [1.807, 2.05) is 11.3 Å². The van der Waals surface area contributed by atoms with E-state index in [1.165, 1.54) is 19.4 Å². The normalized spacial score (nSPS) is 17.4. The smallest absolute Gasteiger partial charge is 0.0285 e. The fourth-order valence-electron chi connectivity index (χ4n) is 2.46. The monoisotopic (exact) mass is 385 g/mol. The molecule has 1 nitrogen and oxygen atoms in total. The zero-order valence-corrected chi connectivity index (χ0v) is 13.7. The molecule has 0 bridgehead atoms. The molecule has 0 aliphatic carbocycles. The Balaban J connectivity index is 1.90. The van der Waals surface area contributed by atoms with Crippen LogP contribution in [0.15, 0.2) is 44.7 Å². The fourth-order valence-corrected chi connectivity index (χ4v) is 4.45. The second-order valence-corrected chi connectivity index (χ2v) is 7.63. The molecule has 18 heavy (non-hydrogen) atoms. The molecule has 0 amide bonds. The third kappa shape index (κ3) is 2.44. The zero-order valence-electron chi connectivity index (χ0n) is 9.75. The molecule has 1 aliphatic rings. The highest BCUT2D eigenvalue weighted by atomic mass is 79.9. The molecule has 94 valence electrons. The Hall–Kier alpha value is -0.160. The van der Waals surface area contributed by atoms with Gasteiger partial charge in [0.1, 0.15) is 0 Å². The SMILES string of the molecule is Brc1cccc(C2(Cc3cc(Br)cs3)CNC2)c1. The Kier molecular flexibility index (Phi) is 3.63. The average molecular weight is 387 g/mol. The van der Waals surface area contributed by atoms with Crippen LogP contribution in [-0.2, 0) is 11.8 Å². The van der Waals surface area contributed by atoms with Crippen LogP contribution in [0.1, 0.15) is 10.4 Å². The lowest BCUT2D eigenvalue weighted by Gasteiger charge is -2.43. The first kappa shape index (κ1) is 12.9. The van der Waals surface area contributed by atoms with E-state index in [-0.39, 0.29) is 5.41 Å². The maximum atomic E-state index is 3.57. The molecule has 1 fully saturated rings. The Morgan fingerprint density at radius 2 is 2.00 bits per heavy atom. The van der Waals surface area contributed by atoms with E-state index in [0.29, 0.717) is 0 Å². The van der Waals surface area contributed by atoms with Crippen LogP contribution in [-0.4, -0.2) is 13.1 Å². The third-order valence-corrected chi connectivity index (χ3v) is 5.69. The molecule has 2 aromatic rings. The van der Waals surface area contributed by atoms with E-state index in [2.05, 4.69) is 72.9 Å². The third-order valence-electron chi connectivity index (χ3n) is 3.50. The van der Waals surface area contributed by atoms with Gasteiger partial charge in [-0.1, -0.05) is 28.1 Å². The highest BCUT2D eigenvalue weighted by Crippen LogP contribution is 2.36. The Morgan fingerprint density at radius 1 is 1.17 bits per heavy atom. The summed E-state index contributed by atoms with van der Waals surface area (Å²) in [5, 5.41) is 5.59. The predicted octanol–water partition coefficient (Wildman–Crippen LogP) is 4.36. The van der Waals surface area contributed by atoms with Crippen LogP contribution in [0.25, 0.3) is 0 Å². The first-order valence-electron chi connectivity index (χ1n) is 5.88. The average Bonchev–Trinajstić information content (AvgIpc) is 2.69. The van der Waals surface area contributed by atoms with Crippen LogP contribution < -0.4 is 5.32 Å². The second-order valence-electron chi connectivity index (χ2n) is 4.80. The van der Waals surface area contributed by atoms with Crippen molar-refractivity contribution in [2.75, 3.05) is 13.1 Å². The van der Waals surface area contributed by atoms with Crippen molar-refractivity contribution in [2.24, 2.45) is 0 Å². The van der Waals surface area contributed by atoms with Gasteiger partial charge in [-0.3, -0.25) is 0 Å². The molecule has 1 saturated heterocycles. The lowest BCUT2D eigenvalue weighted by atomic mass is 9.72. The molecule has 0 saturated carbocycles. The molecule has 0 atom stereocenters. The Morgan fingerprint density at radius 3 is 2.56 bits per heavy atom. The van der Waals surface area contributed by atoms with Crippen molar-refractivity contribution in [1.82, 2.24) is 5.32 Å². The first-order valence-corrected chi connectivity index (χ1v) is 8.34. The Labute approximate surface area is 128 Å². The molecule has 1 aromatic carbocycles. The number of rotatable bonds is 3. The molecule has 0 radical (unpaired) electrons. The summed E-state index contributed by atoms with van der Waals surface area (Å²) in [7, 11) is 0. The summed E-state index contributed by atoms with van der Waals surface area (Å²) in [6, 6.07) is 11.0. The molecule has 0 spiro atoms. The molecule has 4 heteroatoms. The maximum absolute atomic E-state index is 3.57. The summed E-state index contributed by atoms with van der Waals surface area (Å²) in [5.74, 6) is 0. The van der Waals surface area contributed by atoms with Crippen LogP contribution in [0.2, 0.25) is 0 Å². The lowest BCUT2D eigenvalue weighted by Crippen LogP contribution is -2.58. The Bertz CT molecular complexity index is 560. The first-order chi connectivity index (χ1) is 8.68. The molecule has 0 unspecified atom stereocenters. The van der Waals surface area contributed by atoms with Crippen molar-refractivity contribution in [1.29, 1.82) is 0 Å². The van der Waals surface area contributed by atoms with Crippen molar-refractivity contribution in [3.05, 3.63) is 55.1 Å².